The number of aliphatic imine (C=N–C) groups is 1. The summed E-state index contributed by atoms with van der Waals surface area (Å²) in [4.78, 5) is 6.86. The fourth-order valence-electron chi connectivity index (χ4n) is 1.46. The summed E-state index contributed by atoms with van der Waals surface area (Å²) in [7, 11) is 4.17. The van der Waals surface area contributed by atoms with Gasteiger partial charge in [-0.25, -0.2) is 0 Å². The van der Waals surface area contributed by atoms with Gasteiger partial charge in [0.25, 0.3) is 0 Å². The molecule has 0 bridgehead atoms. The molecule has 0 aliphatic carbocycles. The van der Waals surface area contributed by atoms with Crippen LogP contribution < -0.4 is 10.6 Å². The van der Waals surface area contributed by atoms with Gasteiger partial charge in [0, 0.05) is 31.8 Å². The van der Waals surface area contributed by atoms with Crippen molar-refractivity contribution in [2.75, 3.05) is 46.9 Å². The van der Waals surface area contributed by atoms with Crippen molar-refractivity contribution in [3.63, 3.8) is 0 Å². The minimum Gasteiger partial charge on any atom is -0.381 e. The van der Waals surface area contributed by atoms with Crippen molar-refractivity contribution in [2.24, 2.45) is 10.9 Å². The molecule has 0 aliphatic heterocycles. The SMILES string of the molecule is CCNC(=NCC(C)(C)N(C)C)NCCCOCC(C)C.I. The van der Waals surface area contributed by atoms with Gasteiger partial charge in [0.15, 0.2) is 5.96 Å². The van der Waals surface area contributed by atoms with Gasteiger partial charge < -0.3 is 20.3 Å². The maximum absolute atomic E-state index is 5.58. The summed E-state index contributed by atoms with van der Waals surface area (Å²) in [6, 6.07) is 0. The Morgan fingerprint density at radius 1 is 1.23 bits per heavy atom. The second-order valence-corrected chi connectivity index (χ2v) is 6.65. The maximum Gasteiger partial charge on any atom is 0.191 e. The van der Waals surface area contributed by atoms with Crippen LogP contribution in [0.25, 0.3) is 0 Å². The highest BCUT2D eigenvalue weighted by Crippen LogP contribution is 2.09. The minimum absolute atomic E-state index is 0. The third-order valence-electron chi connectivity index (χ3n) is 3.39. The molecule has 0 spiro atoms. The van der Waals surface area contributed by atoms with Crippen molar-refractivity contribution in [1.82, 2.24) is 15.5 Å². The van der Waals surface area contributed by atoms with Crippen LogP contribution in [0.1, 0.15) is 41.0 Å². The highest BCUT2D eigenvalue weighted by molar-refractivity contribution is 14.0. The van der Waals surface area contributed by atoms with E-state index < -0.39 is 0 Å². The summed E-state index contributed by atoms with van der Waals surface area (Å²) in [5.74, 6) is 1.49. The molecule has 0 radical (unpaired) electrons. The lowest BCUT2D eigenvalue weighted by Gasteiger charge is -2.31. The van der Waals surface area contributed by atoms with Gasteiger partial charge in [-0.1, -0.05) is 13.8 Å². The van der Waals surface area contributed by atoms with Crippen LogP contribution in [0.3, 0.4) is 0 Å². The summed E-state index contributed by atoms with van der Waals surface area (Å²) in [6.45, 7) is 15.0. The Bertz CT molecular complexity index is 294. The fourth-order valence-corrected chi connectivity index (χ4v) is 1.46. The predicted molar refractivity (Wildman–Crippen MR) is 107 cm³/mol. The van der Waals surface area contributed by atoms with E-state index >= 15 is 0 Å². The molecule has 0 unspecified atom stereocenters. The largest absolute Gasteiger partial charge is 0.381 e. The van der Waals surface area contributed by atoms with Gasteiger partial charge >= 0.3 is 0 Å². The molecule has 0 amide bonds. The molecule has 0 aromatic carbocycles. The summed E-state index contributed by atoms with van der Waals surface area (Å²) in [5, 5.41) is 6.64. The number of guanidine groups is 1. The molecule has 0 saturated heterocycles. The lowest BCUT2D eigenvalue weighted by Crippen LogP contribution is -2.44. The van der Waals surface area contributed by atoms with Gasteiger partial charge in [-0.05, 0) is 47.2 Å². The molecule has 134 valence electrons. The Hall–Kier alpha value is -0.0800. The zero-order chi connectivity index (χ0) is 16.3. The Morgan fingerprint density at radius 3 is 2.36 bits per heavy atom. The number of ether oxygens (including phenoxy) is 1. The van der Waals surface area contributed by atoms with Gasteiger partial charge in [-0.3, -0.25) is 4.99 Å². The van der Waals surface area contributed by atoms with E-state index in [-0.39, 0.29) is 29.5 Å². The summed E-state index contributed by atoms with van der Waals surface area (Å²) in [6.07, 6.45) is 0.994. The van der Waals surface area contributed by atoms with Gasteiger partial charge in [-0.2, -0.15) is 0 Å². The van der Waals surface area contributed by atoms with Crippen molar-refractivity contribution in [3.05, 3.63) is 0 Å². The van der Waals surface area contributed by atoms with Gasteiger partial charge in [0.1, 0.15) is 0 Å². The molecular weight excluding hydrogens is 391 g/mol. The van der Waals surface area contributed by atoms with E-state index in [1.54, 1.807) is 0 Å². The molecule has 0 rings (SSSR count). The third kappa shape index (κ3) is 12.5. The molecule has 0 saturated carbocycles. The van der Waals surface area contributed by atoms with Crippen molar-refractivity contribution < 1.29 is 4.74 Å². The van der Waals surface area contributed by atoms with Crippen LogP contribution in [0.5, 0.6) is 0 Å². The first-order chi connectivity index (χ1) is 9.79. The number of nitrogens with zero attached hydrogens (tertiary/aromatic N) is 2. The normalized spacial score (nSPS) is 12.5. The van der Waals surface area contributed by atoms with E-state index in [9.17, 15) is 0 Å². The number of rotatable bonds is 10. The number of likely N-dealkylation sites (N-methyl/N-ethyl adjacent to an activating group) is 1. The van der Waals surface area contributed by atoms with E-state index in [0.717, 1.165) is 45.2 Å². The minimum atomic E-state index is 0. The molecule has 0 aromatic heterocycles. The van der Waals surface area contributed by atoms with E-state index in [1.807, 2.05) is 0 Å². The topological polar surface area (TPSA) is 48.9 Å². The van der Waals surface area contributed by atoms with Gasteiger partial charge in [0.05, 0.1) is 6.54 Å². The molecule has 22 heavy (non-hydrogen) atoms. The van der Waals surface area contributed by atoms with E-state index in [0.29, 0.717) is 5.92 Å². The number of halogens is 1. The first-order valence-corrected chi connectivity index (χ1v) is 8.07. The number of hydrogen-bond acceptors (Lipinski definition) is 3. The first-order valence-electron chi connectivity index (χ1n) is 8.07. The van der Waals surface area contributed by atoms with Crippen molar-refractivity contribution in [3.8, 4) is 0 Å². The van der Waals surface area contributed by atoms with Crippen LogP contribution in [-0.2, 0) is 4.74 Å². The van der Waals surface area contributed by atoms with Crippen LogP contribution in [-0.4, -0.2) is 63.3 Å². The van der Waals surface area contributed by atoms with Crippen LogP contribution in [0.15, 0.2) is 4.99 Å². The smallest absolute Gasteiger partial charge is 0.191 e. The second-order valence-electron chi connectivity index (χ2n) is 6.65. The van der Waals surface area contributed by atoms with Crippen molar-refractivity contribution in [1.29, 1.82) is 0 Å². The Morgan fingerprint density at radius 2 is 1.86 bits per heavy atom. The summed E-state index contributed by atoms with van der Waals surface area (Å²) >= 11 is 0. The molecule has 5 nitrogen and oxygen atoms in total. The molecule has 6 heteroatoms. The predicted octanol–water partition coefficient (Wildman–Crippen LogP) is 2.56. The fraction of sp³-hybridized carbons (Fsp3) is 0.938. The van der Waals surface area contributed by atoms with Crippen LogP contribution in [0, 0.1) is 5.92 Å². The quantitative estimate of drug-likeness (QED) is 0.243. The average Bonchev–Trinajstić information content (AvgIpc) is 2.39. The second kappa shape index (κ2) is 13.4. The highest BCUT2D eigenvalue weighted by Gasteiger charge is 2.19. The Labute approximate surface area is 154 Å². The monoisotopic (exact) mass is 428 g/mol. The molecule has 2 N–H and O–H groups in total. The van der Waals surface area contributed by atoms with Gasteiger partial charge in [-0.15, -0.1) is 24.0 Å². The maximum atomic E-state index is 5.58. The van der Waals surface area contributed by atoms with Gasteiger partial charge in [0.2, 0.25) is 0 Å². The zero-order valence-electron chi connectivity index (χ0n) is 15.5. The van der Waals surface area contributed by atoms with Crippen molar-refractivity contribution in [2.45, 2.75) is 46.6 Å². The van der Waals surface area contributed by atoms with E-state index in [1.165, 1.54) is 0 Å². The van der Waals surface area contributed by atoms with E-state index in [2.05, 4.69) is 69.2 Å². The molecule has 0 aliphatic rings. The molecular formula is C16H37IN4O. The number of nitrogens with one attached hydrogen (secondary N) is 2. The molecule has 0 aromatic rings. The molecule has 0 heterocycles. The summed E-state index contributed by atoms with van der Waals surface area (Å²) < 4.78 is 5.58. The summed E-state index contributed by atoms with van der Waals surface area (Å²) in [5.41, 5.74) is 0.0583. The Balaban J connectivity index is 0. The lowest BCUT2D eigenvalue weighted by molar-refractivity contribution is 0.108. The average molecular weight is 428 g/mol. The third-order valence-corrected chi connectivity index (χ3v) is 3.39. The standard InChI is InChI=1S/C16H36N4O.HI/c1-8-17-15(19-13-16(4,5)20(6)7)18-10-9-11-21-12-14(2)3;/h14H,8-13H2,1-7H3,(H2,17,18,19);1H. The van der Waals surface area contributed by atoms with Crippen LogP contribution in [0.2, 0.25) is 0 Å². The lowest BCUT2D eigenvalue weighted by atomic mass is 10.1. The molecule has 0 fully saturated rings. The van der Waals surface area contributed by atoms with Crippen molar-refractivity contribution >= 4 is 29.9 Å². The highest BCUT2D eigenvalue weighted by atomic mass is 127. The number of hydrogen-bond donors (Lipinski definition) is 2. The zero-order valence-corrected chi connectivity index (χ0v) is 17.9. The van der Waals surface area contributed by atoms with Crippen LogP contribution >= 0.6 is 24.0 Å². The van der Waals surface area contributed by atoms with E-state index in [4.69, 9.17) is 4.74 Å². The van der Waals surface area contributed by atoms with Crippen LogP contribution in [0.4, 0.5) is 0 Å². The molecule has 0 atom stereocenters. The Kier molecular flexibility index (Phi) is 14.7. The first kappa shape index (κ1) is 24.2.